The highest BCUT2D eigenvalue weighted by Crippen LogP contribution is 2.36. The maximum atomic E-state index is 13.4. The number of nitrogens with zero attached hydrogens (tertiary/aromatic N) is 1. The largest absolute Gasteiger partial charge is 0.490 e. The average Bonchev–Trinajstić information content (AvgIpc) is 3.43. The highest BCUT2D eigenvalue weighted by atomic mass is 32.2. The Morgan fingerprint density at radius 2 is 1.84 bits per heavy atom. The van der Waals surface area contributed by atoms with Crippen LogP contribution in [0, 0.1) is 0 Å². The van der Waals surface area contributed by atoms with Crippen LogP contribution >= 0.6 is 0 Å². The highest BCUT2D eigenvalue weighted by Gasteiger charge is 2.26. The van der Waals surface area contributed by atoms with Gasteiger partial charge in [-0.2, -0.15) is 0 Å². The topological polar surface area (TPSA) is 98.1 Å². The lowest BCUT2D eigenvalue weighted by atomic mass is 10.0. The maximum Gasteiger partial charge on any atom is 0.251 e. The summed E-state index contributed by atoms with van der Waals surface area (Å²) in [4.78, 5) is 15.9. The second kappa shape index (κ2) is 13.0. The Kier molecular flexibility index (Phi) is 8.88. The zero-order chi connectivity index (χ0) is 30.7. The average molecular weight is 615 g/mol. The zero-order valence-corrected chi connectivity index (χ0v) is 26.0. The number of rotatable bonds is 9. The molecule has 1 fully saturated rings. The predicted molar refractivity (Wildman–Crippen MR) is 172 cm³/mol. The van der Waals surface area contributed by atoms with Gasteiger partial charge in [-0.3, -0.25) is 9.69 Å². The van der Waals surface area contributed by atoms with E-state index in [0.717, 1.165) is 55.5 Å². The third-order valence-electron chi connectivity index (χ3n) is 8.32. The Labute approximate surface area is 258 Å². The van der Waals surface area contributed by atoms with Crippen LogP contribution in [0.25, 0.3) is 28.4 Å². The van der Waals surface area contributed by atoms with Crippen LogP contribution in [-0.2, 0) is 25.9 Å². The molecule has 0 saturated carbocycles. The molecule has 230 valence electrons. The van der Waals surface area contributed by atoms with Crippen LogP contribution in [0.4, 0.5) is 5.69 Å². The van der Waals surface area contributed by atoms with Crippen molar-refractivity contribution < 1.29 is 27.1 Å². The fourth-order valence-corrected chi connectivity index (χ4v) is 7.30. The highest BCUT2D eigenvalue weighted by molar-refractivity contribution is 7.91. The fourth-order valence-electron chi connectivity index (χ4n) is 5.84. The van der Waals surface area contributed by atoms with Crippen molar-refractivity contribution in [2.45, 2.75) is 50.1 Å². The van der Waals surface area contributed by atoms with Crippen LogP contribution in [0.2, 0.25) is 0 Å². The molecule has 1 aromatic heterocycles. The first-order chi connectivity index (χ1) is 21.3. The lowest BCUT2D eigenvalue weighted by Crippen LogP contribution is -2.36. The van der Waals surface area contributed by atoms with E-state index in [4.69, 9.17) is 13.9 Å². The summed E-state index contributed by atoms with van der Waals surface area (Å²) in [5.74, 6) is 0.816. The summed E-state index contributed by atoms with van der Waals surface area (Å²) in [6.45, 7) is 5.06. The molecule has 2 aliphatic heterocycles. The number of furan rings is 1. The fraction of sp³-hybridized carbons (Fsp3) is 0.343. The van der Waals surface area contributed by atoms with E-state index in [1.165, 1.54) is 0 Å². The third kappa shape index (κ3) is 6.60. The number of fused-ring (bicyclic) bond motifs is 2. The minimum absolute atomic E-state index is 0.120. The number of benzene rings is 3. The number of hydrogen-bond donors (Lipinski definition) is 1. The SMILES string of the molecule is CCCOc1cccc2cc(-c3ccc4c(c3)C=C(C(=O)Nc3ccc(CN(C)C5CCOCC5)cc3)CCS4(=O)=O)oc12. The van der Waals surface area contributed by atoms with Crippen LogP contribution in [0.5, 0.6) is 5.75 Å². The molecule has 3 heterocycles. The van der Waals surface area contributed by atoms with Crippen molar-refractivity contribution >= 4 is 38.5 Å². The van der Waals surface area contributed by atoms with Crippen LogP contribution in [0.15, 0.2) is 81.6 Å². The van der Waals surface area contributed by atoms with Gasteiger partial charge in [-0.25, -0.2) is 8.42 Å². The van der Waals surface area contributed by atoms with Gasteiger partial charge in [0.25, 0.3) is 5.91 Å². The molecule has 4 aromatic rings. The molecule has 0 atom stereocenters. The number of carbonyl (C=O) groups is 1. The van der Waals surface area contributed by atoms with Crippen molar-refractivity contribution in [3.63, 3.8) is 0 Å². The normalized spacial score (nSPS) is 16.8. The van der Waals surface area contributed by atoms with Gasteiger partial charge < -0.3 is 19.2 Å². The molecule has 0 aliphatic carbocycles. The minimum atomic E-state index is -3.58. The van der Waals surface area contributed by atoms with Crippen molar-refractivity contribution in [2.24, 2.45) is 0 Å². The van der Waals surface area contributed by atoms with Crippen molar-refractivity contribution in [3.8, 4) is 17.1 Å². The smallest absolute Gasteiger partial charge is 0.251 e. The second-order valence-electron chi connectivity index (χ2n) is 11.5. The number of hydrogen-bond acceptors (Lipinski definition) is 7. The van der Waals surface area contributed by atoms with Crippen LogP contribution < -0.4 is 10.1 Å². The van der Waals surface area contributed by atoms with E-state index < -0.39 is 9.84 Å². The zero-order valence-electron chi connectivity index (χ0n) is 25.2. The Bertz CT molecular complexity index is 1790. The molecule has 44 heavy (non-hydrogen) atoms. The molecule has 1 saturated heterocycles. The van der Waals surface area contributed by atoms with Crippen molar-refractivity contribution in [3.05, 3.63) is 83.4 Å². The monoisotopic (exact) mass is 614 g/mol. The van der Waals surface area contributed by atoms with E-state index in [0.29, 0.717) is 46.6 Å². The molecule has 6 rings (SSSR count). The predicted octanol–water partition coefficient (Wildman–Crippen LogP) is 6.70. The molecule has 1 N–H and O–H groups in total. The molecule has 0 unspecified atom stereocenters. The molecule has 2 aliphatic rings. The summed E-state index contributed by atoms with van der Waals surface area (Å²) in [6.07, 6.45) is 4.76. The van der Waals surface area contributed by atoms with Gasteiger partial charge in [-0.15, -0.1) is 0 Å². The lowest BCUT2D eigenvalue weighted by molar-refractivity contribution is -0.112. The van der Waals surface area contributed by atoms with Gasteiger partial charge >= 0.3 is 0 Å². The number of nitrogens with one attached hydrogen (secondary N) is 1. The quantitative estimate of drug-likeness (QED) is 0.224. The van der Waals surface area contributed by atoms with E-state index >= 15 is 0 Å². The third-order valence-corrected chi connectivity index (χ3v) is 10.1. The van der Waals surface area contributed by atoms with E-state index in [-0.39, 0.29) is 23.0 Å². The van der Waals surface area contributed by atoms with Gasteiger partial charge in [-0.05, 0) is 92.4 Å². The summed E-state index contributed by atoms with van der Waals surface area (Å²) < 4.78 is 43.9. The molecule has 8 nitrogen and oxygen atoms in total. The van der Waals surface area contributed by atoms with Gasteiger partial charge in [0.05, 0.1) is 17.3 Å². The van der Waals surface area contributed by atoms with Gasteiger partial charge in [0, 0.05) is 48.0 Å². The van der Waals surface area contributed by atoms with E-state index in [1.54, 1.807) is 24.3 Å². The Balaban J connectivity index is 1.21. The molecule has 1 amide bonds. The van der Waals surface area contributed by atoms with Crippen molar-refractivity contribution in [2.75, 3.05) is 37.9 Å². The van der Waals surface area contributed by atoms with Crippen molar-refractivity contribution in [1.82, 2.24) is 4.90 Å². The number of para-hydroxylation sites is 1. The Morgan fingerprint density at radius 3 is 2.61 bits per heavy atom. The molecule has 3 aromatic carbocycles. The molecular formula is C35H38N2O6S. The number of anilines is 1. The van der Waals surface area contributed by atoms with Crippen LogP contribution in [-0.4, -0.2) is 57.9 Å². The number of sulfone groups is 1. The van der Waals surface area contributed by atoms with E-state index in [2.05, 4.69) is 17.3 Å². The summed E-state index contributed by atoms with van der Waals surface area (Å²) in [5.41, 5.74) is 4.07. The number of amides is 1. The van der Waals surface area contributed by atoms with Crippen molar-refractivity contribution in [1.29, 1.82) is 0 Å². The minimum Gasteiger partial charge on any atom is -0.490 e. The van der Waals surface area contributed by atoms with Gasteiger partial charge in [0.1, 0.15) is 5.76 Å². The van der Waals surface area contributed by atoms with E-state index in [9.17, 15) is 13.2 Å². The van der Waals surface area contributed by atoms with Gasteiger partial charge in [0.15, 0.2) is 21.2 Å². The van der Waals surface area contributed by atoms with Gasteiger partial charge in [0.2, 0.25) is 0 Å². The first-order valence-corrected chi connectivity index (χ1v) is 16.9. The molecule has 0 radical (unpaired) electrons. The lowest BCUT2D eigenvalue weighted by Gasteiger charge is -2.31. The van der Waals surface area contributed by atoms with Crippen LogP contribution in [0.1, 0.15) is 43.7 Å². The van der Waals surface area contributed by atoms with Gasteiger partial charge in [-0.1, -0.05) is 31.2 Å². The standard InChI is InChI=1S/C35H38N2O6S/c1-3-16-42-31-6-4-5-26-22-32(43-34(26)31)25-9-12-33-28(20-25)21-27(15-19-44(33,39)40)35(38)36-29-10-7-24(8-11-29)23-37(2)30-13-17-41-18-14-30/h4-12,20-22,30H,3,13-19,23H2,1-2H3,(H,36,38). The first kappa shape index (κ1) is 30.1. The maximum absolute atomic E-state index is 13.4. The summed E-state index contributed by atoms with van der Waals surface area (Å²) in [6, 6.07) is 21.1. The molecule has 9 heteroatoms. The van der Waals surface area contributed by atoms with Crippen LogP contribution in [0.3, 0.4) is 0 Å². The van der Waals surface area contributed by atoms with E-state index in [1.807, 2.05) is 55.5 Å². The second-order valence-corrected chi connectivity index (χ2v) is 13.6. The summed E-state index contributed by atoms with van der Waals surface area (Å²) in [7, 11) is -1.45. The first-order valence-electron chi connectivity index (χ1n) is 15.2. The molecule has 0 bridgehead atoms. The number of carbonyl (C=O) groups excluding carboxylic acids is 1. The molecular weight excluding hydrogens is 576 g/mol. The summed E-state index contributed by atoms with van der Waals surface area (Å²) in [5, 5.41) is 3.86. The Morgan fingerprint density at radius 1 is 1.05 bits per heavy atom. The summed E-state index contributed by atoms with van der Waals surface area (Å²) >= 11 is 0. The Hall–Kier alpha value is -3.92. The number of ether oxygens (including phenoxy) is 2. The molecule has 0 spiro atoms.